The van der Waals surface area contributed by atoms with E-state index in [1.807, 2.05) is 0 Å². The van der Waals surface area contributed by atoms with Gasteiger partial charge in [-0.25, -0.2) is 0 Å². The Bertz CT molecular complexity index is 190. The molecule has 0 bridgehead atoms. The van der Waals surface area contributed by atoms with Gasteiger partial charge < -0.3 is 15.2 Å². The Morgan fingerprint density at radius 2 is 2.20 bits per heavy atom. The third-order valence-electron chi connectivity index (χ3n) is 2.95. The number of carboxylic acid groups (broad SMARTS) is 1. The summed E-state index contributed by atoms with van der Waals surface area (Å²) in [4.78, 5) is 10.6. The molecule has 15 heavy (non-hydrogen) atoms. The maximum atomic E-state index is 10.6. The van der Waals surface area contributed by atoms with Gasteiger partial charge in [-0.05, 0) is 38.3 Å². The lowest BCUT2D eigenvalue weighted by molar-refractivity contribution is -0.141. The smallest absolute Gasteiger partial charge is 0.306 e. The lowest BCUT2D eigenvalue weighted by Crippen LogP contribution is -2.29. The highest BCUT2D eigenvalue weighted by atomic mass is 16.5. The standard InChI is InChI=1S/C11H21NO3/c1-9(11(13)14)2-5-12-8-10-3-6-15-7-4-10/h9-10,12H,2-8H2,1H3,(H,13,14). The molecule has 1 atom stereocenters. The van der Waals surface area contributed by atoms with Crippen LogP contribution >= 0.6 is 0 Å². The third kappa shape index (κ3) is 5.14. The van der Waals surface area contributed by atoms with E-state index in [0.717, 1.165) is 39.1 Å². The highest BCUT2D eigenvalue weighted by molar-refractivity contribution is 5.69. The van der Waals surface area contributed by atoms with Crippen LogP contribution in [0.2, 0.25) is 0 Å². The Hall–Kier alpha value is -0.610. The summed E-state index contributed by atoms with van der Waals surface area (Å²) in [6.07, 6.45) is 2.96. The van der Waals surface area contributed by atoms with Crippen LogP contribution in [0.15, 0.2) is 0 Å². The van der Waals surface area contributed by atoms with Gasteiger partial charge in [0.2, 0.25) is 0 Å². The number of aliphatic carboxylic acids is 1. The van der Waals surface area contributed by atoms with Crippen LogP contribution in [0.1, 0.15) is 26.2 Å². The molecule has 1 aliphatic rings. The quantitative estimate of drug-likeness (QED) is 0.652. The summed E-state index contributed by atoms with van der Waals surface area (Å²) in [5, 5.41) is 12.0. The van der Waals surface area contributed by atoms with Crippen molar-refractivity contribution in [3.8, 4) is 0 Å². The zero-order valence-electron chi connectivity index (χ0n) is 9.37. The van der Waals surface area contributed by atoms with Crippen molar-refractivity contribution < 1.29 is 14.6 Å². The zero-order valence-corrected chi connectivity index (χ0v) is 9.37. The van der Waals surface area contributed by atoms with Crippen LogP contribution in [0.25, 0.3) is 0 Å². The summed E-state index contributed by atoms with van der Waals surface area (Å²) in [5.41, 5.74) is 0. The molecule has 1 aliphatic heterocycles. The average Bonchev–Trinajstić information content (AvgIpc) is 2.25. The molecule has 0 aromatic carbocycles. The van der Waals surface area contributed by atoms with E-state index < -0.39 is 5.97 Å². The molecule has 1 rings (SSSR count). The number of ether oxygens (including phenoxy) is 1. The van der Waals surface area contributed by atoms with Crippen LogP contribution in [0, 0.1) is 11.8 Å². The predicted molar refractivity (Wildman–Crippen MR) is 57.8 cm³/mol. The molecule has 0 aliphatic carbocycles. The van der Waals surface area contributed by atoms with Crippen molar-refractivity contribution in [2.75, 3.05) is 26.3 Å². The highest BCUT2D eigenvalue weighted by Crippen LogP contribution is 2.13. The SMILES string of the molecule is CC(CCNCC1CCOCC1)C(=O)O. The average molecular weight is 215 g/mol. The fourth-order valence-corrected chi connectivity index (χ4v) is 1.70. The minimum atomic E-state index is -0.706. The fourth-order valence-electron chi connectivity index (χ4n) is 1.70. The molecule has 2 N–H and O–H groups in total. The fraction of sp³-hybridized carbons (Fsp3) is 0.909. The van der Waals surface area contributed by atoms with Gasteiger partial charge in [0.05, 0.1) is 5.92 Å². The van der Waals surface area contributed by atoms with Gasteiger partial charge in [0.15, 0.2) is 0 Å². The molecule has 0 aromatic rings. The molecule has 0 aromatic heterocycles. The lowest BCUT2D eigenvalue weighted by atomic mass is 10.0. The second-order valence-electron chi connectivity index (χ2n) is 4.29. The molecule has 1 heterocycles. The Kier molecular flexibility index (Phi) is 5.65. The third-order valence-corrected chi connectivity index (χ3v) is 2.95. The molecular weight excluding hydrogens is 194 g/mol. The first kappa shape index (κ1) is 12.5. The molecule has 0 amide bonds. The second kappa shape index (κ2) is 6.80. The summed E-state index contributed by atoms with van der Waals surface area (Å²) in [5.74, 6) is -0.242. The number of hydrogen-bond donors (Lipinski definition) is 2. The topological polar surface area (TPSA) is 58.6 Å². The number of hydrogen-bond acceptors (Lipinski definition) is 3. The van der Waals surface area contributed by atoms with Crippen molar-refractivity contribution in [3.63, 3.8) is 0 Å². The van der Waals surface area contributed by atoms with Crippen molar-refractivity contribution in [1.82, 2.24) is 5.32 Å². The van der Waals surface area contributed by atoms with E-state index in [9.17, 15) is 4.79 Å². The van der Waals surface area contributed by atoms with Crippen LogP contribution in [-0.4, -0.2) is 37.4 Å². The molecule has 1 fully saturated rings. The second-order valence-corrected chi connectivity index (χ2v) is 4.29. The van der Waals surface area contributed by atoms with Crippen molar-refractivity contribution in [3.05, 3.63) is 0 Å². The van der Waals surface area contributed by atoms with Gasteiger partial charge in [0, 0.05) is 13.2 Å². The van der Waals surface area contributed by atoms with E-state index >= 15 is 0 Å². The molecule has 0 saturated carbocycles. The van der Waals surface area contributed by atoms with Crippen LogP contribution in [0.3, 0.4) is 0 Å². The molecular formula is C11H21NO3. The van der Waals surface area contributed by atoms with Crippen LogP contribution in [0.5, 0.6) is 0 Å². The molecule has 0 spiro atoms. The Labute approximate surface area is 91.0 Å². The van der Waals surface area contributed by atoms with Crippen LogP contribution in [0.4, 0.5) is 0 Å². The van der Waals surface area contributed by atoms with Gasteiger partial charge >= 0.3 is 5.97 Å². The normalized spacial score (nSPS) is 20.1. The molecule has 4 nitrogen and oxygen atoms in total. The summed E-state index contributed by atoms with van der Waals surface area (Å²) < 4.78 is 5.27. The van der Waals surface area contributed by atoms with Gasteiger partial charge in [-0.15, -0.1) is 0 Å². The maximum Gasteiger partial charge on any atom is 0.306 e. The van der Waals surface area contributed by atoms with Gasteiger partial charge in [-0.2, -0.15) is 0 Å². The van der Waals surface area contributed by atoms with Crippen LogP contribution in [-0.2, 0) is 9.53 Å². The Balaban J connectivity index is 1.98. The van der Waals surface area contributed by atoms with Crippen molar-refractivity contribution in [2.45, 2.75) is 26.2 Å². The largest absolute Gasteiger partial charge is 0.481 e. The first-order valence-corrected chi connectivity index (χ1v) is 5.71. The van der Waals surface area contributed by atoms with E-state index in [2.05, 4.69) is 5.32 Å². The molecule has 1 unspecified atom stereocenters. The highest BCUT2D eigenvalue weighted by Gasteiger charge is 2.14. The number of carbonyl (C=O) groups is 1. The first-order chi connectivity index (χ1) is 7.20. The van der Waals surface area contributed by atoms with Gasteiger partial charge in [-0.3, -0.25) is 4.79 Å². The van der Waals surface area contributed by atoms with Crippen molar-refractivity contribution >= 4 is 5.97 Å². The van der Waals surface area contributed by atoms with E-state index in [0.29, 0.717) is 12.3 Å². The van der Waals surface area contributed by atoms with E-state index in [-0.39, 0.29) is 5.92 Å². The summed E-state index contributed by atoms with van der Waals surface area (Å²) in [6, 6.07) is 0. The predicted octanol–water partition coefficient (Wildman–Crippen LogP) is 1.11. The summed E-state index contributed by atoms with van der Waals surface area (Å²) >= 11 is 0. The van der Waals surface area contributed by atoms with Crippen molar-refractivity contribution in [2.24, 2.45) is 11.8 Å². The molecule has 88 valence electrons. The summed E-state index contributed by atoms with van der Waals surface area (Å²) in [7, 11) is 0. The van der Waals surface area contributed by atoms with Gasteiger partial charge in [-0.1, -0.05) is 6.92 Å². The first-order valence-electron chi connectivity index (χ1n) is 5.71. The maximum absolute atomic E-state index is 10.6. The Morgan fingerprint density at radius 1 is 1.53 bits per heavy atom. The minimum Gasteiger partial charge on any atom is -0.481 e. The summed E-state index contributed by atoms with van der Waals surface area (Å²) in [6.45, 7) is 5.29. The van der Waals surface area contributed by atoms with Crippen molar-refractivity contribution in [1.29, 1.82) is 0 Å². The number of rotatable bonds is 6. The van der Waals surface area contributed by atoms with E-state index in [1.165, 1.54) is 0 Å². The lowest BCUT2D eigenvalue weighted by Gasteiger charge is -2.22. The number of nitrogens with one attached hydrogen (secondary N) is 1. The van der Waals surface area contributed by atoms with E-state index in [1.54, 1.807) is 6.92 Å². The van der Waals surface area contributed by atoms with Gasteiger partial charge in [0.1, 0.15) is 0 Å². The Morgan fingerprint density at radius 3 is 2.80 bits per heavy atom. The van der Waals surface area contributed by atoms with E-state index in [4.69, 9.17) is 9.84 Å². The molecule has 1 saturated heterocycles. The minimum absolute atomic E-state index is 0.243. The zero-order chi connectivity index (χ0) is 11.1. The number of carboxylic acids is 1. The van der Waals surface area contributed by atoms with Gasteiger partial charge in [0.25, 0.3) is 0 Å². The monoisotopic (exact) mass is 215 g/mol. The van der Waals surface area contributed by atoms with Crippen LogP contribution < -0.4 is 5.32 Å². The molecule has 0 radical (unpaired) electrons. The molecule has 4 heteroatoms.